The van der Waals surface area contributed by atoms with E-state index in [0.717, 1.165) is 17.7 Å². The number of rotatable bonds is 4. The molecule has 4 nitrogen and oxygen atoms in total. The van der Waals surface area contributed by atoms with Crippen molar-refractivity contribution in [1.29, 1.82) is 0 Å². The van der Waals surface area contributed by atoms with Gasteiger partial charge in [-0.25, -0.2) is 0 Å². The van der Waals surface area contributed by atoms with Gasteiger partial charge in [-0.15, -0.1) is 12.4 Å². The SMILES string of the molecule is Cl.Nc1ccccc1CCCN1C(=O)c2ccccc2C1=O. The lowest BCUT2D eigenvalue weighted by atomic mass is 10.1. The zero-order valence-electron chi connectivity index (χ0n) is 12.0. The molecule has 114 valence electrons. The molecule has 0 unspecified atom stereocenters. The minimum Gasteiger partial charge on any atom is -0.399 e. The standard InChI is InChI=1S/C17H16N2O2.ClH/c18-15-10-4-1-6-12(15)7-5-11-19-16(20)13-8-2-3-9-14(13)17(19)21;/h1-4,6,8-10H,5,7,11,18H2;1H. The highest BCUT2D eigenvalue weighted by molar-refractivity contribution is 6.21. The van der Waals surface area contributed by atoms with Gasteiger partial charge in [0, 0.05) is 12.2 Å². The molecule has 3 rings (SSSR count). The van der Waals surface area contributed by atoms with Crippen LogP contribution in [0, 0.1) is 0 Å². The molecule has 0 fully saturated rings. The van der Waals surface area contributed by atoms with E-state index in [9.17, 15) is 9.59 Å². The second-order valence-corrected chi connectivity index (χ2v) is 5.11. The molecule has 2 aromatic carbocycles. The lowest BCUT2D eigenvalue weighted by Crippen LogP contribution is -2.31. The van der Waals surface area contributed by atoms with Gasteiger partial charge in [0.05, 0.1) is 11.1 Å². The number of anilines is 1. The molecule has 2 N–H and O–H groups in total. The Hall–Kier alpha value is -2.33. The Morgan fingerprint density at radius 3 is 2.00 bits per heavy atom. The van der Waals surface area contributed by atoms with E-state index < -0.39 is 0 Å². The molecule has 0 atom stereocenters. The van der Waals surface area contributed by atoms with Crippen LogP contribution in [0.15, 0.2) is 48.5 Å². The van der Waals surface area contributed by atoms with Crippen molar-refractivity contribution in [3.63, 3.8) is 0 Å². The fraction of sp³-hybridized carbons (Fsp3) is 0.176. The molecule has 2 amide bonds. The largest absolute Gasteiger partial charge is 0.399 e. The van der Waals surface area contributed by atoms with Crippen LogP contribution in [0.5, 0.6) is 0 Å². The molecule has 22 heavy (non-hydrogen) atoms. The summed E-state index contributed by atoms with van der Waals surface area (Å²) in [7, 11) is 0. The number of benzene rings is 2. The molecule has 0 bridgehead atoms. The first kappa shape index (κ1) is 16.0. The molecular formula is C17H17ClN2O2. The minimum absolute atomic E-state index is 0. The first-order valence-corrected chi connectivity index (χ1v) is 6.97. The van der Waals surface area contributed by atoms with E-state index >= 15 is 0 Å². The fourth-order valence-electron chi connectivity index (χ4n) is 2.63. The summed E-state index contributed by atoms with van der Waals surface area (Å²) in [5, 5.41) is 0. The van der Waals surface area contributed by atoms with Crippen LogP contribution in [-0.2, 0) is 6.42 Å². The second kappa shape index (κ2) is 6.62. The molecule has 1 aliphatic rings. The van der Waals surface area contributed by atoms with E-state index in [-0.39, 0.29) is 24.2 Å². The maximum absolute atomic E-state index is 12.2. The van der Waals surface area contributed by atoms with Crippen molar-refractivity contribution in [3.8, 4) is 0 Å². The van der Waals surface area contributed by atoms with Gasteiger partial charge in [-0.2, -0.15) is 0 Å². The number of carbonyl (C=O) groups excluding carboxylic acids is 2. The highest BCUT2D eigenvalue weighted by Crippen LogP contribution is 2.23. The van der Waals surface area contributed by atoms with Gasteiger partial charge in [0.25, 0.3) is 11.8 Å². The number of para-hydroxylation sites is 1. The third kappa shape index (κ3) is 2.83. The zero-order chi connectivity index (χ0) is 14.8. The zero-order valence-corrected chi connectivity index (χ0v) is 12.8. The molecule has 0 saturated heterocycles. The molecule has 0 radical (unpaired) electrons. The van der Waals surface area contributed by atoms with Gasteiger partial charge < -0.3 is 5.73 Å². The van der Waals surface area contributed by atoms with Crippen molar-refractivity contribution >= 4 is 29.9 Å². The predicted octanol–water partition coefficient (Wildman–Crippen LogP) is 2.92. The molecule has 0 aliphatic carbocycles. The number of halogens is 1. The average Bonchev–Trinajstić information content (AvgIpc) is 2.74. The monoisotopic (exact) mass is 316 g/mol. The Morgan fingerprint density at radius 1 is 0.864 bits per heavy atom. The maximum Gasteiger partial charge on any atom is 0.261 e. The average molecular weight is 317 g/mol. The van der Waals surface area contributed by atoms with Gasteiger partial charge >= 0.3 is 0 Å². The summed E-state index contributed by atoms with van der Waals surface area (Å²) in [5.74, 6) is -0.395. The second-order valence-electron chi connectivity index (χ2n) is 5.11. The van der Waals surface area contributed by atoms with E-state index in [1.54, 1.807) is 24.3 Å². The maximum atomic E-state index is 12.2. The van der Waals surface area contributed by atoms with Crippen molar-refractivity contribution < 1.29 is 9.59 Å². The van der Waals surface area contributed by atoms with E-state index in [2.05, 4.69) is 0 Å². The summed E-state index contributed by atoms with van der Waals surface area (Å²) >= 11 is 0. The number of nitrogens with two attached hydrogens (primary N) is 1. The van der Waals surface area contributed by atoms with E-state index in [1.165, 1.54) is 4.90 Å². The number of amides is 2. The van der Waals surface area contributed by atoms with Crippen molar-refractivity contribution in [1.82, 2.24) is 4.90 Å². The first-order valence-electron chi connectivity index (χ1n) is 6.97. The summed E-state index contributed by atoms with van der Waals surface area (Å²) in [6, 6.07) is 14.6. The van der Waals surface area contributed by atoms with Gasteiger partial charge in [0.1, 0.15) is 0 Å². The Morgan fingerprint density at radius 2 is 1.41 bits per heavy atom. The molecule has 1 aliphatic heterocycles. The number of fused-ring (bicyclic) bond motifs is 1. The number of nitrogens with zero attached hydrogens (tertiary/aromatic N) is 1. The van der Waals surface area contributed by atoms with Crippen LogP contribution in [0.3, 0.4) is 0 Å². The Bertz CT molecular complexity index is 680. The number of hydrogen-bond acceptors (Lipinski definition) is 3. The molecule has 2 aromatic rings. The van der Waals surface area contributed by atoms with Crippen molar-refractivity contribution in [3.05, 3.63) is 65.2 Å². The molecule has 0 aromatic heterocycles. The van der Waals surface area contributed by atoms with Gasteiger partial charge in [-0.3, -0.25) is 14.5 Å². The highest BCUT2D eigenvalue weighted by Gasteiger charge is 2.34. The summed E-state index contributed by atoms with van der Waals surface area (Å²) in [5.41, 5.74) is 8.69. The smallest absolute Gasteiger partial charge is 0.261 e. The van der Waals surface area contributed by atoms with Gasteiger partial charge in [0.15, 0.2) is 0 Å². The lowest BCUT2D eigenvalue weighted by molar-refractivity contribution is 0.0652. The van der Waals surface area contributed by atoms with Crippen LogP contribution in [0.1, 0.15) is 32.7 Å². The number of carbonyl (C=O) groups is 2. The Balaban J connectivity index is 0.00000176. The molecular weight excluding hydrogens is 300 g/mol. The number of aryl methyl sites for hydroxylation is 1. The normalized spacial score (nSPS) is 13.0. The predicted molar refractivity (Wildman–Crippen MR) is 88.2 cm³/mol. The van der Waals surface area contributed by atoms with Gasteiger partial charge in [-0.1, -0.05) is 30.3 Å². The summed E-state index contributed by atoms with van der Waals surface area (Å²) < 4.78 is 0. The third-order valence-corrected chi connectivity index (χ3v) is 3.76. The Labute approximate surface area is 135 Å². The summed E-state index contributed by atoms with van der Waals surface area (Å²) in [4.78, 5) is 25.7. The molecule has 5 heteroatoms. The lowest BCUT2D eigenvalue weighted by Gasteiger charge is -2.14. The minimum atomic E-state index is -0.198. The van der Waals surface area contributed by atoms with E-state index in [1.807, 2.05) is 24.3 Å². The van der Waals surface area contributed by atoms with E-state index in [0.29, 0.717) is 24.1 Å². The number of nitrogen functional groups attached to an aromatic ring is 1. The van der Waals surface area contributed by atoms with Crippen LogP contribution in [0.2, 0.25) is 0 Å². The fourth-order valence-corrected chi connectivity index (χ4v) is 2.63. The Kier molecular flexibility index (Phi) is 4.83. The van der Waals surface area contributed by atoms with Crippen LogP contribution < -0.4 is 5.73 Å². The van der Waals surface area contributed by atoms with Crippen LogP contribution >= 0.6 is 12.4 Å². The number of imide groups is 1. The van der Waals surface area contributed by atoms with Gasteiger partial charge in [-0.05, 0) is 36.6 Å². The van der Waals surface area contributed by atoms with Crippen LogP contribution in [0.25, 0.3) is 0 Å². The van der Waals surface area contributed by atoms with Crippen LogP contribution in [-0.4, -0.2) is 23.3 Å². The van der Waals surface area contributed by atoms with Crippen molar-refractivity contribution in [2.24, 2.45) is 0 Å². The third-order valence-electron chi connectivity index (χ3n) is 3.76. The molecule has 0 saturated carbocycles. The highest BCUT2D eigenvalue weighted by atomic mass is 35.5. The van der Waals surface area contributed by atoms with Crippen molar-refractivity contribution in [2.75, 3.05) is 12.3 Å². The number of hydrogen-bond donors (Lipinski definition) is 1. The van der Waals surface area contributed by atoms with Gasteiger partial charge in [0.2, 0.25) is 0 Å². The van der Waals surface area contributed by atoms with E-state index in [4.69, 9.17) is 5.73 Å². The first-order chi connectivity index (χ1) is 10.2. The van der Waals surface area contributed by atoms with Crippen molar-refractivity contribution in [2.45, 2.75) is 12.8 Å². The molecule has 0 spiro atoms. The topological polar surface area (TPSA) is 63.4 Å². The quantitative estimate of drug-likeness (QED) is 0.697. The summed E-state index contributed by atoms with van der Waals surface area (Å²) in [6.07, 6.45) is 1.46. The summed E-state index contributed by atoms with van der Waals surface area (Å²) in [6.45, 7) is 0.417. The molecule has 1 heterocycles. The van der Waals surface area contributed by atoms with Crippen LogP contribution in [0.4, 0.5) is 5.69 Å².